The molecular formula is C30H44O5. The van der Waals surface area contributed by atoms with Gasteiger partial charge in [-0.05, 0) is 80.6 Å². The lowest BCUT2D eigenvalue weighted by Gasteiger charge is -2.63. The van der Waals surface area contributed by atoms with Gasteiger partial charge in [-0.2, -0.15) is 0 Å². The minimum atomic E-state index is -0.908. The molecule has 0 bridgehead atoms. The maximum atomic E-state index is 13.8. The van der Waals surface area contributed by atoms with Crippen molar-refractivity contribution in [3.8, 4) is 0 Å². The second-order valence-electron chi connectivity index (χ2n) is 14.3. The van der Waals surface area contributed by atoms with Gasteiger partial charge in [0.25, 0.3) is 0 Å². The number of esters is 1. The fourth-order valence-corrected chi connectivity index (χ4v) is 9.62. The molecule has 5 nitrogen and oxygen atoms in total. The van der Waals surface area contributed by atoms with Gasteiger partial charge >= 0.3 is 5.97 Å². The predicted molar refractivity (Wildman–Crippen MR) is 134 cm³/mol. The number of fused-ring (bicyclic) bond motifs is 7. The van der Waals surface area contributed by atoms with Gasteiger partial charge in [-0.3, -0.25) is 9.59 Å². The summed E-state index contributed by atoms with van der Waals surface area (Å²) in [5.74, 6) is 0.103. The van der Waals surface area contributed by atoms with Crippen LogP contribution >= 0.6 is 0 Å². The molecule has 194 valence electrons. The first-order chi connectivity index (χ1) is 16.1. The summed E-state index contributed by atoms with van der Waals surface area (Å²) in [7, 11) is 0. The van der Waals surface area contributed by atoms with Gasteiger partial charge in [0.05, 0.1) is 17.6 Å². The van der Waals surface area contributed by atoms with Gasteiger partial charge in [0.2, 0.25) is 0 Å². The number of ether oxygens (including phenoxy) is 1. The first kappa shape index (κ1) is 25.2. The molecule has 0 aromatic rings. The van der Waals surface area contributed by atoms with E-state index in [1.807, 2.05) is 12.2 Å². The molecule has 3 saturated carbocycles. The Hall–Kier alpha value is -1.46. The average molecular weight is 485 g/mol. The Morgan fingerprint density at radius 2 is 1.80 bits per heavy atom. The predicted octanol–water partition coefficient (Wildman–Crippen LogP) is 5.00. The third-order valence-corrected chi connectivity index (χ3v) is 11.5. The Balaban J connectivity index is 1.52. The fraction of sp³-hybridized carbons (Fsp3) is 0.800. The van der Waals surface area contributed by atoms with E-state index in [0.29, 0.717) is 12.3 Å². The highest BCUT2D eigenvalue weighted by molar-refractivity contribution is 5.95. The molecule has 4 aliphatic carbocycles. The number of aliphatic hydroxyl groups is 2. The minimum absolute atomic E-state index is 0.110. The number of allylic oxidation sites excluding steroid dienone is 3. The third kappa shape index (κ3) is 3.32. The Morgan fingerprint density at radius 3 is 2.46 bits per heavy atom. The first-order valence-electron chi connectivity index (χ1n) is 13.6. The lowest BCUT2D eigenvalue weighted by molar-refractivity contribution is -0.158. The van der Waals surface area contributed by atoms with E-state index in [0.717, 1.165) is 32.1 Å². The van der Waals surface area contributed by atoms with Gasteiger partial charge in [0.15, 0.2) is 5.78 Å². The summed E-state index contributed by atoms with van der Waals surface area (Å²) in [6, 6.07) is 0. The number of rotatable bonds is 3. The van der Waals surface area contributed by atoms with Gasteiger partial charge in [0, 0.05) is 17.3 Å². The van der Waals surface area contributed by atoms with Crippen LogP contribution in [0.5, 0.6) is 0 Å². The highest BCUT2D eigenvalue weighted by Gasteiger charge is 2.71. The van der Waals surface area contributed by atoms with E-state index in [-0.39, 0.29) is 51.9 Å². The summed E-state index contributed by atoms with van der Waals surface area (Å²) in [4.78, 5) is 26.7. The largest absolute Gasteiger partial charge is 0.462 e. The average Bonchev–Trinajstić information content (AvgIpc) is 3.14. The Labute approximate surface area is 210 Å². The zero-order chi connectivity index (χ0) is 25.8. The Kier molecular flexibility index (Phi) is 5.43. The van der Waals surface area contributed by atoms with Crippen molar-refractivity contribution in [2.45, 2.75) is 105 Å². The molecule has 5 rings (SSSR count). The van der Waals surface area contributed by atoms with Crippen LogP contribution in [0.3, 0.4) is 0 Å². The van der Waals surface area contributed by atoms with Crippen molar-refractivity contribution in [1.29, 1.82) is 0 Å². The molecule has 0 aromatic carbocycles. The second kappa shape index (κ2) is 7.54. The van der Waals surface area contributed by atoms with E-state index < -0.39 is 17.1 Å². The highest BCUT2D eigenvalue weighted by atomic mass is 16.6. The molecule has 1 aliphatic heterocycles. The van der Waals surface area contributed by atoms with Gasteiger partial charge in [0.1, 0.15) is 6.10 Å². The van der Waals surface area contributed by atoms with E-state index in [9.17, 15) is 19.8 Å². The lowest BCUT2D eigenvalue weighted by atomic mass is 9.40. The monoisotopic (exact) mass is 484 g/mol. The maximum Gasteiger partial charge on any atom is 0.309 e. The van der Waals surface area contributed by atoms with Crippen LogP contribution in [0.15, 0.2) is 23.8 Å². The van der Waals surface area contributed by atoms with Gasteiger partial charge in [-0.15, -0.1) is 0 Å². The summed E-state index contributed by atoms with van der Waals surface area (Å²) in [6.45, 7) is 14.6. The molecule has 1 heterocycles. The van der Waals surface area contributed by atoms with Crippen LogP contribution in [0, 0.1) is 45.3 Å². The molecule has 5 aliphatic rings. The molecule has 9 unspecified atom stereocenters. The number of aliphatic hydroxyl groups excluding tert-OH is 1. The van der Waals surface area contributed by atoms with Crippen LogP contribution in [0.2, 0.25) is 0 Å². The number of hydrogen-bond acceptors (Lipinski definition) is 5. The van der Waals surface area contributed by atoms with E-state index in [4.69, 9.17) is 4.74 Å². The molecule has 5 heteroatoms. The lowest BCUT2D eigenvalue weighted by Crippen LogP contribution is -2.60. The topological polar surface area (TPSA) is 83.8 Å². The molecule has 0 radical (unpaired) electrons. The molecule has 0 aromatic heterocycles. The summed E-state index contributed by atoms with van der Waals surface area (Å²) in [5, 5.41) is 20.9. The number of hydrogen-bond donors (Lipinski definition) is 2. The van der Waals surface area contributed by atoms with Crippen LogP contribution < -0.4 is 0 Å². The zero-order valence-electron chi connectivity index (χ0n) is 22.6. The molecule has 2 N–H and O–H groups in total. The van der Waals surface area contributed by atoms with Crippen molar-refractivity contribution in [2.75, 3.05) is 0 Å². The van der Waals surface area contributed by atoms with E-state index in [1.54, 1.807) is 19.9 Å². The number of ketones is 1. The molecule has 35 heavy (non-hydrogen) atoms. The normalized spacial score (nSPS) is 48.7. The van der Waals surface area contributed by atoms with E-state index in [2.05, 4.69) is 34.6 Å². The summed E-state index contributed by atoms with van der Waals surface area (Å²) in [5.41, 5.74) is -0.557. The van der Waals surface area contributed by atoms with Crippen molar-refractivity contribution < 1.29 is 24.5 Å². The smallest absolute Gasteiger partial charge is 0.309 e. The van der Waals surface area contributed by atoms with Crippen molar-refractivity contribution in [3.63, 3.8) is 0 Å². The van der Waals surface area contributed by atoms with Crippen LogP contribution in [-0.2, 0) is 14.3 Å². The van der Waals surface area contributed by atoms with E-state index >= 15 is 0 Å². The summed E-state index contributed by atoms with van der Waals surface area (Å²) >= 11 is 0. The van der Waals surface area contributed by atoms with Gasteiger partial charge in [-0.1, -0.05) is 52.3 Å². The van der Waals surface area contributed by atoms with Crippen molar-refractivity contribution in [1.82, 2.24) is 0 Å². The fourth-order valence-electron chi connectivity index (χ4n) is 9.62. The molecule has 0 spiro atoms. The van der Waals surface area contributed by atoms with E-state index in [1.165, 1.54) is 5.57 Å². The Bertz CT molecular complexity index is 1000. The Morgan fingerprint density at radius 1 is 1.11 bits per heavy atom. The highest BCUT2D eigenvalue weighted by Crippen LogP contribution is 2.74. The van der Waals surface area contributed by atoms with Crippen LogP contribution in [-0.4, -0.2) is 39.8 Å². The molecule has 4 fully saturated rings. The number of carbonyl (C=O) groups excluding carboxylic acids is 2. The zero-order valence-corrected chi connectivity index (χ0v) is 22.6. The summed E-state index contributed by atoms with van der Waals surface area (Å²) < 4.78 is 6.01. The van der Waals surface area contributed by atoms with Crippen LogP contribution in [0.25, 0.3) is 0 Å². The van der Waals surface area contributed by atoms with Gasteiger partial charge < -0.3 is 14.9 Å². The second-order valence-corrected chi connectivity index (χ2v) is 14.3. The number of carbonyl (C=O) groups is 2. The molecule has 9 atom stereocenters. The quantitative estimate of drug-likeness (QED) is 0.435. The van der Waals surface area contributed by atoms with Crippen LogP contribution in [0.4, 0.5) is 0 Å². The third-order valence-electron chi connectivity index (χ3n) is 11.5. The summed E-state index contributed by atoms with van der Waals surface area (Å²) in [6.07, 6.45) is 10.1. The van der Waals surface area contributed by atoms with Crippen LogP contribution in [0.1, 0.15) is 87.0 Å². The minimum Gasteiger partial charge on any atom is -0.462 e. The standard InChI is InChI=1S/C30H44O5/c1-26(2,34)12-8-9-17-23-21(35-25(17)33)16-30(7)19-15-20(31)24-27(3,4)22(32)11-13-28(24,5)18(19)10-14-29(23,30)6/h8,12,15,17-18,21-24,32,34H,9-11,13-14,16H2,1-7H3. The van der Waals surface area contributed by atoms with Crippen molar-refractivity contribution in [2.24, 2.45) is 45.3 Å². The first-order valence-corrected chi connectivity index (χ1v) is 13.6. The molecule has 0 amide bonds. The molecule has 1 saturated heterocycles. The molecular weight excluding hydrogens is 440 g/mol. The SMILES string of the molecule is CC(C)(O)C=CCC1C(=O)OC2CC3(C)C4=CC(=O)C5C(C)(C)C(O)CCC5(C)C4CCC3(C)C21. The van der Waals surface area contributed by atoms with Gasteiger partial charge in [-0.25, -0.2) is 0 Å². The maximum absolute atomic E-state index is 13.8. The van der Waals surface area contributed by atoms with Crippen molar-refractivity contribution >= 4 is 11.8 Å². The van der Waals surface area contributed by atoms with Crippen molar-refractivity contribution in [3.05, 3.63) is 23.8 Å².